The minimum Gasteiger partial charge on any atom is -0.497 e. The maximum absolute atomic E-state index is 10.7. The van der Waals surface area contributed by atoms with E-state index in [4.69, 9.17) is 9.84 Å². The van der Waals surface area contributed by atoms with Crippen molar-refractivity contribution in [2.24, 2.45) is 0 Å². The van der Waals surface area contributed by atoms with Crippen molar-refractivity contribution in [1.29, 1.82) is 0 Å². The first-order valence-electron chi connectivity index (χ1n) is 5.53. The van der Waals surface area contributed by atoms with E-state index < -0.39 is 5.97 Å². The molecule has 7 nitrogen and oxygen atoms in total. The van der Waals surface area contributed by atoms with Crippen molar-refractivity contribution in [2.75, 3.05) is 7.11 Å². The summed E-state index contributed by atoms with van der Waals surface area (Å²) in [7, 11) is 1.60. The van der Waals surface area contributed by atoms with Gasteiger partial charge in [0.15, 0.2) is 0 Å². The maximum Gasteiger partial charge on any atom is 0.325 e. The molecule has 0 atom stereocenters. The average Bonchev–Trinajstić information content (AvgIpc) is 2.84. The van der Waals surface area contributed by atoms with Gasteiger partial charge in [-0.3, -0.25) is 4.79 Å². The minimum absolute atomic E-state index is 0.255. The van der Waals surface area contributed by atoms with E-state index in [1.54, 1.807) is 7.11 Å². The van der Waals surface area contributed by atoms with Gasteiger partial charge >= 0.3 is 5.97 Å². The molecule has 1 N–H and O–H groups in total. The summed E-state index contributed by atoms with van der Waals surface area (Å²) < 4.78 is 7.37. The second-order valence-electron chi connectivity index (χ2n) is 3.76. The van der Waals surface area contributed by atoms with Crippen LogP contribution in [0.4, 0.5) is 0 Å². The number of carbonyl (C=O) groups is 1. The van der Waals surface area contributed by atoms with Crippen LogP contribution in [0.2, 0.25) is 0 Å². The molecular weight excluding hydrogens is 348 g/mol. The third kappa shape index (κ3) is 3.70. The average molecular weight is 359 g/mol. The molecule has 0 aliphatic heterocycles. The Morgan fingerprint density at radius 3 is 3.05 bits per heavy atom. The van der Waals surface area contributed by atoms with Crippen LogP contribution in [0.25, 0.3) is 0 Å². The van der Waals surface area contributed by atoms with Crippen LogP contribution in [0.15, 0.2) is 27.8 Å². The number of rotatable bonds is 6. The monoisotopic (exact) mass is 358 g/mol. The van der Waals surface area contributed by atoms with E-state index in [2.05, 4.69) is 31.5 Å². The number of tetrazole rings is 1. The number of carboxylic acid groups (broad SMARTS) is 1. The predicted molar refractivity (Wildman–Crippen MR) is 75.7 cm³/mol. The molecule has 9 heteroatoms. The van der Waals surface area contributed by atoms with Crippen molar-refractivity contribution in [3.05, 3.63) is 28.2 Å². The number of hydrogen-bond donors (Lipinski definition) is 1. The van der Waals surface area contributed by atoms with E-state index in [9.17, 15) is 4.79 Å². The van der Waals surface area contributed by atoms with Crippen molar-refractivity contribution in [3.8, 4) is 5.75 Å². The summed E-state index contributed by atoms with van der Waals surface area (Å²) >= 11 is 4.82. The van der Waals surface area contributed by atoms with Gasteiger partial charge in [-0.05, 0) is 34.2 Å². The zero-order chi connectivity index (χ0) is 14.5. The van der Waals surface area contributed by atoms with Crippen LogP contribution < -0.4 is 4.74 Å². The number of nitrogens with zero attached hydrogens (tertiary/aromatic N) is 4. The molecule has 1 aromatic heterocycles. The van der Waals surface area contributed by atoms with Gasteiger partial charge in [0, 0.05) is 10.2 Å². The van der Waals surface area contributed by atoms with Gasteiger partial charge in [0.2, 0.25) is 5.16 Å². The third-order valence-corrected chi connectivity index (χ3v) is 4.17. The number of hydrogen-bond acceptors (Lipinski definition) is 6. The highest BCUT2D eigenvalue weighted by atomic mass is 79.9. The SMILES string of the molecule is COc1ccc(Br)c(CSc2nnnn2CC(=O)O)c1. The summed E-state index contributed by atoms with van der Waals surface area (Å²) in [6.45, 7) is -0.255. The van der Waals surface area contributed by atoms with E-state index in [-0.39, 0.29) is 6.54 Å². The first-order valence-corrected chi connectivity index (χ1v) is 7.31. The van der Waals surface area contributed by atoms with Crippen molar-refractivity contribution in [1.82, 2.24) is 20.2 Å². The molecule has 0 spiro atoms. The fourth-order valence-electron chi connectivity index (χ4n) is 1.46. The summed E-state index contributed by atoms with van der Waals surface area (Å²) in [6, 6.07) is 5.66. The first-order chi connectivity index (χ1) is 9.60. The zero-order valence-corrected chi connectivity index (χ0v) is 12.9. The topological polar surface area (TPSA) is 90.1 Å². The van der Waals surface area contributed by atoms with Crippen molar-refractivity contribution < 1.29 is 14.6 Å². The molecule has 0 saturated heterocycles. The second kappa shape index (κ2) is 6.71. The summed E-state index contributed by atoms with van der Waals surface area (Å²) in [4.78, 5) is 10.7. The lowest BCUT2D eigenvalue weighted by molar-refractivity contribution is -0.138. The number of halogens is 1. The Morgan fingerprint density at radius 2 is 2.35 bits per heavy atom. The Labute approximate surface area is 127 Å². The van der Waals surface area contributed by atoms with E-state index in [1.165, 1.54) is 16.4 Å². The number of aliphatic carboxylic acids is 1. The lowest BCUT2D eigenvalue weighted by atomic mass is 10.2. The van der Waals surface area contributed by atoms with Crippen LogP contribution in [0.3, 0.4) is 0 Å². The number of methoxy groups -OCH3 is 1. The number of thioether (sulfide) groups is 1. The van der Waals surface area contributed by atoms with Gasteiger partial charge < -0.3 is 9.84 Å². The van der Waals surface area contributed by atoms with Gasteiger partial charge in [0.25, 0.3) is 0 Å². The van der Waals surface area contributed by atoms with E-state index in [1.807, 2.05) is 18.2 Å². The zero-order valence-electron chi connectivity index (χ0n) is 10.5. The Balaban J connectivity index is 2.09. The highest BCUT2D eigenvalue weighted by molar-refractivity contribution is 9.10. The van der Waals surface area contributed by atoms with E-state index in [0.717, 1.165) is 15.8 Å². The normalized spacial score (nSPS) is 10.5. The predicted octanol–water partition coefficient (Wildman–Crippen LogP) is 1.82. The number of aromatic nitrogens is 4. The van der Waals surface area contributed by atoms with Gasteiger partial charge in [0.1, 0.15) is 12.3 Å². The molecule has 2 aromatic rings. The van der Waals surface area contributed by atoms with Crippen LogP contribution in [-0.4, -0.2) is 38.4 Å². The number of carboxylic acids is 1. The Morgan fingerprint density at radius 1 is 1.55 bits per heavy atom. The van der Waals surface area contributed by atoms with Crippen LogP contribution in [-0.2, 0) is 17.1 Å². The Kier molecular flexibility index (Phi) is 4.96. The van der Waals surface area contributed by atoms with Crippen LogP contribution >= 0.6 is 27.7 Å². The molecule has 0 bridgehead atoms. The quantitative estimate of drug-likeness (QED) is 0.787. The lowest BCUT2D eigenvalue weighted by Gasteiger charge is -2.07. The molecule has 106 valence electrons. The standard InChI is InChI=1S/C11H11BrN4O3S/c1-19-8-2-3-9(12)7(4-8)6-20-11-13-14-15-16(11)5-10(17)18/h2-4H,5-6H2,1H3,(H,17,18). The molecule has 0 radical (unpaired) electrons. The number of benzene rings is 1. The molecular formula is C11H11BrN4O3S. The number of ether oxygens (including phenoxy) is 1. The molecule has 20 heavy (non-hydrogen) atoms. The van der Waals surface area contributed by atoms with Gasteiger partial charge in [-0.2, -0.15) is 0 Å². The van der Waals surface area contributed by atoms with Crippen molar-refractivity contribution in [2.45, 2.75) is 17.5 Å². The largest absolute Gasteiger partial charge is 0.497 e. The van der Waals surface area contributed by atoms with Gasteiger partial charge in [-0.15, -0.1) is 5.10 Å². The first kappa shape index (κ1) is 14.8. The van der Waals surface area contributed by atoms with E-state index >= 15 is 0 Å². The minimum atomic E-state index is -0.985. The summed E-state index contributed by atoms with van der Waals surface area (Å²) in [5, 5.41) is 20.2. The lowest BCUT2D eigenvalue weighted by Crippen LogP contribution is -2.11. The molecule has 0 unspecified atom stereocenters. The van der Waals surface area contributed by atoms with Crippen LogP contribution in [0.1, 0.15) is 5.56 Å². The highest BCUT2D eigenvalue weighted by Crippen LogP contribution is 2.28. The van der Waals surface area contributed by atoms with Crippen molar-refractivity contribution in [3.63, 3.8) is 0 Å². The molecule has 0 saturated carbocycles. The molecule has 0 aliphatic carbocycles. The maximum atomic E-state index is 10.7. The van der Waals surface area contributed by atoms with Gasteiger partial charge in [-0.25, -0.2) is 4.68 Å². The van der Waals surface area contributed by atoms with Gasteiger partial charge in [0.05, 0.1) is 7.11 Å². The third-order valence-electron chi connectivity index (χ3n) is 2.39. The molecule has 0 aliphatic rings. The second-order valence-corrected chi connectivity index (χ2v) is 5.56. The fourth-order valence-corrected chi connectivity index (χ4v) is 2.90. The molecule has 1 aromatic carbocycles. The summed E-state index contributed by atoms with van der Waals surface area (Å²) in [5.41, 5.74) is 1.01. The molecule has 0 fully saturated rings. The summed E-state index contributed by atoms with van der Waals surface area (Å²) in [5.74, 6) is 0.369. The van der Waals surface area contributed by atoms with E-state index in [0.29, 0.717) is 10.9 Å². The Hall–Kier alpha value is -1.61. The van der Waals surface area contributed by atoms with Crippen molar-refractivity contribution >= 4 is 33.7 Å². The molecule has 2 rings (SSSR count). The molecule has 1 heterocycles. The Bertz CT molecular complexity index is 619. The fraction of sp³-hybridized carbons (Fsp3) is 0.273. The molecule has 0 amide bonds. The summed E-state index contributed by atoms with van der Waals surface area (Å²) in [6.07, 6.45) is 0. The highest BCUT2D eigenvalue weighted by Gasteiger charge is 2.11. The van der Waals surface area contributed by atoms with Crippen LogP contribution in [0.5, 0.6) is 5.75 Å². The van der Waals surface area contributed by atoms with Crippen LogP contribution in [0, 0.1) is 0 Å². The smallest absolute Gasteiger partial charge is 0.325 e. The van der Waals surface area contributed by atoms with Gasteiger partial charge in [-0.1, -0.05) is 27.7 Å².